The molecule has 1 saturated heterocycles. The third-order valence-electron chi connectivity index (χ3n) is 6.82. The average Bonchev–Trinajstić information content (AvgIpc) is 3.51. The third-order valence-corrected chi connectivity index (χ3v) is 7.21. The van der Waals surface area contributed by atoms with Gasteiger partial charge in [-0.1, -0.05) is 0 Å². The van der Waals surface area contributed by atoms with Gasteiger partial charge in [-0.05, 0) is 79.5 Å². The Labute approximate surface area is 218 Å². The number of halogens is 1. The predicted octanol–water partition coefficient (Wildman–Crippen LogP) is 2.82. The lowest BCUT2D eigenvalue weighted by atomic mass is 10.1. The summed E-state index contributed by atoms with van der Waals surface area (Å²) in [5.41, 5.74) is 10.5. The standard InChI is InChI=1S/C25H30BrN9O/c1-3-33-19-6-5-16(17-12-31-35(15-17)18-7-9-28-10-8-18)11-20(19)34(4-2)22(33)14-30-25(36)23-24(27)29-13-21(26)32-23/h5-6,11-13,15,18,28H,3-4,7-10,14H2,1-2H3,(H2-,27,29,30,36)/p+1. The van der Waals surface area contributed by atoms with Gasteiger partial charge in [0.2, 0.25) is 0 Å². The molecular weight excluding hydrogens is 522 g/mol. The van der Waals surface area contributed by atoms with E-state index in [2.05, 4.69) is 93.7 Å². The van der Waals surface area contributed by atoms with Crippen molar-refractivity contribution in [1.29, 1.82) is 0 Å². The first-order valence-electron chi connectivity index (χ1n) is 12.4. The van der Waals surface area contributed by atoms with Gasteiger partial charge in [0, 0.05) is 11.8 Å². The van der Waals surface area contributed by atoms with Crippen LogP contribution in [0.25, 0.3) is 22.2 Å². The van der Waals surface area contributed by atoms with Gasteiger partial charge in [-0.3, -0.25) is 9.48 Å². The van der Waals surface area contributed by atoms with Crippen molar-refractivity contribution in [3.05, 3.63) is 52.9 Å². The molecule has 0 bridgehead atoms. The number of aryl methyl sites for hydroxylation is 2. The second kappa shape index (κ2) is 10.4. The van der Waals surface area contributed by atoms with Crippen LogP contribution in [0.3, 0.4) is 0 Å². The highest BCUT2D eigenvalue weighted by Gasteiger charge is 2.25. The number of hydrogen-bond acceptors (Lipinski definition) is 6. The van der Waals surface area contributed by atoms with Crippen LogP contribution in [0.15, 0.2) is 41.4 Å². The lowest BCUT2D eigenvalue weighted by Gasteiger charge is -2.22. The van der Waals surface area contributed by atoms with Gasteiger partial charge in [-0.25, -0.2) is 19.1 Å². The molecular formula is C25H31BrN9O+. The Kier molecular flexibility index (Phi) is 7.01. The normalized spacial score (nSPS) is 14.4. The van der Waals surface area contributed by atoms with Gasteiger partial charge in [-0.2, -0.15) is 5.10 Å². The number of carbonyl (C=O) groups excluding carboxylic acids is 1. The van der Waals surface area contributed by atoms with Gasteiger partial charge in [0.15, 0.2) is 22.5 Å². The van der Waals surface area contributed by atoms with Crippen molar-refractivity contribution in [2.24, 2.45) is 0 Å². The van der Waals surface area contributed by atoms with E-state index in [-0.39, 0.29) is 17.4 Å². The molecule has 5 rings (SSSR count). The zero-order chi connectivity index (χ0) is 25.2. The maximum Gasteiger partial charge on any atom is 0.277 e. The zero-order valence-corrected chi connectivity index (χ0v) is 22.1. The number of amides is 1. The second-order valence-corrected chi connectivity index (χ2v) is 9.72. The number of hydrogen-bond donors (Lipinski definition) is 3. The van der Waals surface area contributed by atoms with E-state index in [9.17, 15) is 4.79 Å². The number of anilines is 1. The second-order valence-electron chi connectivity index (χ2n) is 8.91. The maximum atomic E-state index is 12.8. The summed E-state index contributed by atoms with van der Waals surface area (Å²) in [6.07, 6.45) is 7.79. The number of carbonyl (C=O) groups is 1. The highest BCUT2D eigenvalue weighted by molar-refractivity contribution is 9.10. The Morgan fingerprint density at radius 1 is 1.25 bits per heavy atom. The smallest absolute Gasteiger partial charge is 0.277 e. The van der Waals surface area contributed by atoms with Crippen LogP contribution >= 0.6 is 15.9 Å². The number of nitrogens with zero attached hydrogens (tertiary/aromatic N) is 6. The Morgan fingerprint density at radius 3 is 2.81 bits per heavy atom. The van der Waals surface area contributed by atoms with Crippen molar-refractivity contribution in [1.82, 2.24) is 34.9 Å². The lowest BCUT2D eigenvalue weighted by molar-refractivity contribution is -0.676. The molecule has 11 heteroatoms. The van der Waals surface area contributed by atoms with Gasteiger partial charge in [0.05, 0.1) is 31.5 Å². The van der Waals surface area contributed by atoms with Crippen molar-refractivity contribution >= 4 is 38.7 Å². The summed E-state index contributed by atoms with van der Waals surface area (Å²) in [4.78, 5) is 21.0. The number of nitrogen functional groups attached to an aromatic ring is 1. The van der Waals surface area contributed by atoms with Gasteiger partial charge >= 0.3 is 0 Å². The Balaban J connectivity index is 1.45. The Morgan fingerprint density at radius 2 is 2.06 bits per heavy atom. The molecule has 188 valence electrons. The molecule has 0 atom stereocenters. The summed E-state index contributed by atoms with van der Waals surface area (Å²) in [5.74, 6) is 0.750. The van der Waals surface area contributed by atoms with E-state index in [1.54, 1.807) is 0 Å². The number of nitrogens with one attached hydrogen (secondary N) is 2. The van der Waals surface area contributed by atoms with Crippen LogP contribution < -0.4 is 20.9 Å². The van der Waals surface area contributed by atoms with Crippen molar-refractivity contribution in [3.8, 4) is 11.1 Å². The SMILES string of the molecule is CCn1c(CNC(=O)c2nc(Br)cnc2N)[n+](CC)c2ccc(-c3cnn(C4CCNCC4)c3)cc21. The molecule has 3 aromatic heterocycles. The van der Waals surface area contributed by atoms with E-state index in [1.165, 1.54) is 6.20 Å². The summed E-state index contributed by atoms with van der Waals surface area (Å²) in [6.45, 7) is 8.18. The van der Waals surface area contributed by atoms with Crippen LogP contribution in [-0.2, 0) is 19.6 Å². The van der Waals surface area contributed by atoms with Gasteiger partial charge < -0.3 is 16.4 Å². The number of aromatic nitrogens is 6. The highest BCUT2D eigenvalue weighted by atomic mass is 79.9. The van der Waals surface area contributed by atoms with Gasteiger partial charge in [-0.15, -0.1) is 0 Å². The number of piperidine rings is 1. The van der Waals surface area contributed by atoms with E-state index in [4.69, 9.17) is 5.73 Å². The molecule has 10 nitrogen and oxygen atoms in total. The van der Waals surface area contributed by atoms with Crippen LogP contribution in [0.5, 0.6) is 0 Å². The first kappa shape index (κ1) is 24.4. The summed E-state index contributed by atoms with van der Waals surface area (Å²) >= 11 is 3.25. The Hall–Kier alpha value is -3.31. The number of fused-ring (bicyclic) bond motifs is 1. The molecule has 1 fully saturated rings. The fourth-order valence-corrected chi connectivity index (χ4v) is 5.29. The van der Waals surface area contributed by atoms with Gasteiger partial charge in [0.25, 0.3) is 11.7 Å². The molecule has 0 unspecified atom stereocenters. The van der Waals surface area contributed by atoms with E-state index in [1.807, 2.05) is 6.20 Å². The van der Waals surface area contributed by atoms with Crippen molar-refractivity contribution in [2.75, 3.05) is 18.8 Å². The molecule has 4 aromatic rings. The van der Waals surface area contributed by atoms with Crippen molar-refractivity contribution < 1.29 is 9.36 Å². The average molecular weight is 553 g/mol. The van der Waals surface area contributed by atoms with Crippen LogP contribution in [0, 0.1) is 0 Å². The molecule has 1 aliphatic rings. The molecule has 1 aromatic carbocycles. The fourth-order valence-electron chi connectivity index (χ4n) is 5.01. The lowest BCUT2D eigenvalue weighted by Crippen LogP contribution is -2.40. The molecule has 4 N–H and O–H groups in total. The van der Waals surface area contributed by atoms with Gasteiger partial charge in [0.1, 0.15) is 11.1 Å². The van der Waals surface area contributed by atoms with Crippen LogP contribution in [0.4, 0.5) is 5.82 Å². The molecule has 1 amide bonds. The minimum Gasteiger partial charge on any atom is -0.382 e. The molecule has 1 aliphatic heterocycles. The monoisotopic (exact) mass is 552 g/mol. The van der Waals surface area contributed by atoms with E-state index in [0.717, 1.165) is 67.0 Å². The number of nitrogens with two attached hydrogens (primary N) is 1. The minimum atomic E-state index is -0.358. The van der Waals surface area contributed by atoms with Crippen LogP contribution in [0.1, 0.15) is 49.0 Å². The number of imidazole rings is 1. The maximum absolute atomic E-state index is 12.8. The first-order valence-corrected chi connectivity index (χ1v) is 13.2. The largest absolute Gasteiger partial charge is 0.382 e. The van der Waals surface area contributed by atoms with Crippen LogP contribution in [-0.4, -0.2) is 43.3 Å². The molecule has 4 heterocycles. The number of rotatable bonds is 7. The third kappa shape index (κ3) is 4.60. The molecule has 36 heavy (non-hydrogen) atoms. The zero-order valence-electron chi connectivity index (χ0n) is 20.5. The van der Waals surface area contributed by atoms with Crippen LogP contribution in [0.2, 0.25) is 0 Å². The minimum absolute atomic E-state index is 0.102. The Bertz CT molecular complexity index is 1400. The quantitative estimate of drug-likeness (QED) is 0.303. The van der Waals surface area contributed by atoms with Crippen molar-refractivity contribution in [2.45, 2.75) is 52.4 Å². The molecule has 0 saturated carbocycles. The summed E-state index contributed by atoms with van der Waals surface area (Å²) in [6, 6.07) is 6.98. The first-order chi connectivity index (χ1) is 17.5. The van der Waals surface area contributed by atoms with Crippen molar-refractivity contribution in [3.63, 3.8) is 0 Å². The van der Waals surface area contributed by atoms with E-state index < -0.39 is 0 Å². The molecule has 0 radical (unpaired) electrons. The molecule has 0 spiro atoms. The van der Waals surface area contributed by atoms with E-state index >= 15 is 0 Å². The summed E-state index contributed by atoms with van der Waals surface area (Å²) < 4.78 is 7.06. The topological polar surface area (TPSA) is 120 Å². The van der Waals surface area contributed by atoms with E-state index in [0.29, 0.717) is 17.2 Å². The summed E-state index contributed by atoms with van der Waals surface area (Å²) in [7, 11) is 0. The number of benzene rings is 1. The highest BCUT2D eigenvalue weighted by Crippen LogP contribution is 2.27. The summed E-state index contributed by atoms with van der Waals surface area (Å²) in [5, 5.41) is 11.1. The molecule has 0 aliphatic carbocycles. The predicted molar refractivity (Wildman–Crippen MR) is 141 cm³/mol. The fraction of sp³-hybridized carbons (Fsp3) is 0.400.